The third-order valence-electron chi connectivity index (χ3n) is 2.23. The first-order chi connectivity index (χ1) is 7.25. The molecular formula is C10H18N2O4. The number of amides is 2. The second-order valence-corrected chi connectivity index (χ2v) is 4.06. The monoisotopic (exact) mass is 230 g/mol. The highest BCUT2D eigenvalue weighted by molar-refractivity contribution is 5.99. The van der Waals surface area contributed by atoms with E-state index in [2.05, 4.69) is 0 Å². The summed E-state index contributed by atoms with van der Waals surface area (Å²) >= 11 is 0. The fourth-order valence-electron chi connectivity index (χ4n) is 1.54. The highest BCUT2D eigenvalue weighted by atomic mass is 16.5. The van der Waals surface area contributed by atoms with Crippen molar-refractivity contribution in [1.82, 2.24) is 5.06 Å². The van der Waals surface area contributed by atoms with Crippen LogP contribution < -0.4 is 5.73 Å². The Morgan fingerprint density at radius 2 is 1.88 bits per heavy atom. The topological polar surface area (TPSA) is 101 Å². The van der Waals surface area contributed by atoms with Gasteiger partial charge in [0.15, 0.2) is 0 Å². The maximum atomic E-state index is 11.4. The molecule has 0 fully saturated rings. The molecular weight excluding hydrogens is 212 g/mol. The van der Waals surface area contributed by atoms with Gasteiger partial charge >= 0.3 is 0 Å². The summed E-state index contributed by atoms with van der Waals surface area (Å²) in [6, 6.07) is 0. The first-order valence-electron chi connectivity index (χ1n) is 5.00. The molecule has 0 aromatic heterocycles. The number of carbonyl (C=O) groups is 3. The van der Waals surface area contributed by atoms with Gasteiger partial charge in [0.25, 0.3) is 5.91 Å². The summed E-state index contributed by atoms with van der Waals surface area (Å²) in [5, 5.41) is 9.29. The van der Waals surface area contributed by atoms with Crippen LogP contribution in [0.1, 0.15) is 26.7 Å². The summed E-state index contributed by atoms with van der Waals surface area (Å²) in [6.07, 6.45) is 0.449. The Balaban J connectivity index is 4.52. The van der Waals surface area contributed by atoms with E-state index in [0.717, 1.165) is 7.05 Å². The summed E-state index contributed by atoms with van der Waals surface area (Å²) in [6.45, 7) is 3.19. The quantitative estimate of drug-likeness (QED) is 0.379. The molecule has 0 aromatic rings. The Kier molecular flexibility index (Phi) is 5.66. The van der Waals surface area contributed by atoms with E-state index < -0.39 is 17.7 Å². The van der Waals surface area contributed by atoms with Gasteiger partial charge in [-0.05, 0) is 19.3 Å². The van der Waals surface area contributed by atoms with Crippen LogP contribution in [0.2, 0.25) is 0 Å². The molecule has 92 valence electrons. The highest BCUT2D eigenvalue weighted by Gasteiger charge is 2.28. The zero-order valence-electron chi connectivity index (χ0n) is 9.77. The first kappa shape index (κ1) is 14.6. The molecule has 2 unspecified atom stereocenters. The molecule has 0 aromatic carbocycles. The van der Waals surface area contributed by atoms with Gasteiger partial charge in [0.1, 0.15) is 11.7 Å². The number of ketones is 1. The van der Waals surface area contributed by atoms with Gasteiger partial charge < -0.3 is 10.5 Å². The second kappa shape index (κ2) is 6.22. The Morgan fingerprint density at radius 3 is 2.19 bits per heavy atom. The molecule has 0 radical (unpaired) electrons. The van der Waals surface area contributed by atoms with Crippen molar-refractivity contribution in [1.29, 1.82) is 0 Å². The van der Waals surface area contributed by atoms with Gasteiger partial charge in [0.05, 0.1) is 0 Å². The lowest BCUT2D eigenvalue weighted by atomic mass is 9.91. The maximum absolute atomic E-state index is 11.4. The van der Waals surface area contributed by atoms with Crippen LogP contribution in [-0.2, 0) is 14.4 Å². The number of rotatable bonds is 6. The van der Waals surface area contributed by atoms with Crippen LogP contribution in [0.3, 0.4) is 0 Å². The van der Waals surface area contributed by atoms with E-state index in [1.807, 2.05) is 0 Å². The maximum Gasteiger partial charge on any atom is 0.258 e. The highest BCUT2D eigenvalue weighted by Crippen LogP contribution is 2.17. The Labute approximate surface area is 94.4 Å². The SMILES string of the molecule is CC(=O)CC(C)CC(C(N)=O)C(=O)N(C)O. The molecule has 0 aliphatic rings. The van der Waals surface area contributed by atoms with Crippen molar-refractivity contribution in [2.45, 2.75) is 26.7 Å². The fourth-order valence-corrected chi connectivity index (χ4v) is 1.54. The average molecular weight is 230 g/mol. The van der Waals surface area contributed by atoms with E-state index in [4.69, 9.17) is 10.9 Å². The van der Waals surface area contributed by atoms with Crippen molar-refractivity contribution >= 4 is 17.6 Å². The normalized spacial score (nSPS) is 14.0. The van der Waals surface area contributed by atoms with Crippen molar-refractivity contribution in [3.8, 4) is 0 Å². The number of hydrogen-bond donors (Lipinski definition) is 2. The summed E-state index contributed by atoms with van der Waals surface area (Å²) in [7, 11) is 1.13. The molecule has 0 aliphatic carbocycles. The van der Waals surface area contributed by atoms with E-state index in [9.17, 15) is 14.4 Å². The van der Waals surface area contributed by atoms with Crippen LogP contribution in [0, 0.1) is 11.8 Å². The molecule has 0 spiro atoms. The summed E-state index contributed by atoms with van der Waals surface area (Å²) < 4.78 is 0. The summed E-state index contributed by atoms with van der Waals surface area (Å²) in [5.41, 5.74) is 5.07. The lowest BCUT2D eigenvalue weighted by molar-refractivity contribution is -0.166. The number of nitrogens with zero attached hydrogens (tertiary/aromatic N) is 1. The minimum Gasteiger partial charge on any atom is -0.369 e. The Hall–Kier alpha value is -1.43. The predicted octanol–water partition coefficient (Wildman–Crippen LogP) is -0.0592. The molecule has 3 N–H and O–H groups in total. The summed E-state index contributed by atoms with van der Waals surface area (Å²) in [5.74, 6) is -2.76. The van der Waals surface area contributed by atoms with Crippen molar-refractivity contribution in [3.05, 3.63) is 0 Å². The third kappa shape index (κ3) is 4.88. The van der Waals surface area contributed by atoms with Gasteiger partial charge in [-0.2, -0.15) is 0 Å². The van der Waals surface area contributed by atoms with E-state index in [-0.39, 0.29) is 24.5 Å². The smallest absolute Gasteiger partial charge is 0.258 e. The lowest BCUT2D eigenvalue weighted by Gasteiger charge is -2.19. The standard InChI is InChI=1S/C10H18N2O4/c1-6(4-7(2)13)5-8(9(11)14)10(15)12(3)16/h6,8,16H,4-5H2,1-3H3,(H2,11,14). The molecule has 16 heavy (non-hydrogen) atoms. The van der Waals surface area contributed by atoms with Crippen LogP contribution in [0.25, 0.3) is 0 Å². The van der Waals surface area contributed by atoms with Crippen LogP contribution in [0.15, 0.2) is 0 Å². The third-order valence-corrected chi connectivity index (χ3v) is 2.23. The first-order valence-corrected chi connectivity index (χ1v) is 5.00. The van der Waals surface area contributed by atoms with Gasteiger partial charge in [-0.15, -0.1) is 0 Å². The fraction of sp³-hybridized carbons (Fsp3) is 0.700. The lowest BCUT2D eigenvalue weighted by Crippen LogP contribution is -2.39. The Bertz CT molecular complexity index is 289. The molecule has 6 heteroatoms. The molecule has 0 saturated carbocycles. The van der Waals surface area contributed by atoms with Crippen LogP contribution in [0.4, 0.5) is 0 Å². The zero-order valence-corrected chi connectivity index (χ0v) is 9.77. The number of primary amides is 1. The van der Waals surface area contributed by atoms with Crippen molar-refractivity contribution < 1.29 is 19.6 Å². The van der Waals surface area contributed by atoms with Crippen LogP contribution in [-0.4, -0.2) is 34.9 Å². The van der Waals surface area contributed by atoms with E-state index >= 15 is 0 Å². The van der Waals surface area contributed by atoms with Crippen molar-refractivity contribution in [2.75, 3.05) is 7.05 Å². The number of hydroxylamine groups is 2. The molecule has 0 bridgehead atoms. The van der Waals surface area contributed by atoms with Gasteiger partial charge in [-0.3, -0.25) is 14.8 Å². The number of nitrogens with two attached hydrogens (primary N) is 1. The predicted molar refractivity (Wildman–Crippen MR) is 56.3 cm³/mol. The van der Waals surface area contributed by atoms with Crippen molar-refractivity contribution in [3.63, 3.8) is 0 Å². The molecule has 0 rings (SSSR count). The number of carbonyl (C=O) groups excluding carboxylic acids is 3. The molecule has 0 heterocycles. The van der Waals surface area contributed by atoms with Gasteiger partial charge in [-0.1, -0.05) is 6.92 Å². The van der Waals surface area contributed by atoms with E-state index in [1.54, 1.807) is 6.92 Å². The van der Waals surface area contributed by atoms with Crippen LogP contribution in [0.5, 0.6) is 0 Å². The molecule has 2 atom stereocenters. The van der Waals surface area contributed by atoms with E-state index in [0.29, 0.717) is 5.06 Å². The zero-order chi connectivity index (χ0) is 12.9. The molecule has 0 aliphatic heterocycles. The molecule has 0 saturated heterocycles. The minimum absolute atomic E-state index is 0.0134. The largest absolute Gasteiger partial charge is 0.369 e. The number of Topliss-reactive ketones (excluding diaryl/α,β-unsaturated/α-hetero) is 1. The van der Waals surface area contributed by atoms with Crippen molar-refractivity contribution in [2.24, 2.45) is 17.6 Å². The number of hydrogen-bond acceptors (Lipinski definition) is 4. The Morgan fingerprint density at radius 1 is 1.38 bits per heavy atom. The summed E-state index contributed by atoms with van der Waals surface area (Å²) in [4.78, 5) is 33.3. The molecule has 2 amide bonds. The van der Waals surface area contributed by atoms with Gasteiger partial charge in [-0.25, -0.2) is 5.06 Å². The second-order valence-electron chi connectivity index (χ2n) is 4.06. The van der Waals surface area contributed by atoms with E-state index in [1.165, 1.54) is 6.92 Å². The van der Waals surface area contributed by atoms with Gasteiger partial charge in [0, 0.05) is 13.5 Å². The average Bonchev–Trinajstić information content (AvgIpc) is 2.11. The minimum atomic E-state index is -1.08. The van der Waals surface area contributed by atoms with Gasteiger partial charge in [0.2, 0.25) is 5.91 Å². The van der Waals surface area contributed by atoms with Crippen LogP contribution >= 0.6 is 0 Å². The molecule has 6 nitrogen and oxygen atoms in total.